The fourth-order valence-electron chi connectivity index (χ4n) is 2.05. The van der Waals surface area contributed by atoms with Crippen LogP contribution in [0, 0.1) is 0 Å². The van der Waals surface area contributed by atoms with Gasteiger partial charge in [0.15, 0.2) is 0 Å². The maximum absolute atomic E-state index is 11.7. The summed E-state index contributed by atoms with van der Waals surface area (Å²) in [6.45, 7) is 0. The Morgan fingerprint density at radius 3 is 2.75 bits per heavy atom. The SMILES string of the molecule is O=c1[nH]cnc2c(Sc3cc(O)ccc3/C=C/P(=O)(O)O)c[nH]c12. The molecule has 5 N–H and O–H groups in total. The first-order chi connectivity index (χ1) is 11.3. The second-order valence-electron chi connectivity index (χ2n) is 4.84. The van der Waals surface area contributed by atoms with Crippen LogP contribution in [0.4, 0.5) is 0 Å². The van der Waals surface area contributed by atoms with Gasteiger partial charge in [-0.1, -0.05) is 17.8 Å². The minimum atomic E-state index is -4.30. The summed E-state index contributed by atoms with van der Waals surface area (Å²) in [4.78, 5) is 40.3. The number of rotatable bonds is 4. The normalized spacial score (nSPS) is 12.2. The molecule has 0 aliphatic carbocycles. The predicted octanol–water partition coefficient (Wildman–Crippen LogP) is 2.26. The van der Waals surface area contributed by atoms with Gasteiger partial charge in [0.05, 0.1) is 11.2 Å². The van der Waals surface area contributed by atoms with Gasteiger partial charge in [0.1, 0.15) is 16.8 Å². The Balaban J connectivity index is 2.04. The topological polar surface area (TPSA) is 139 Å². The summed E-state index contributed by atoms with van der Waals surface area (Å²) in [6.07, 6.45) is 4.19. The lowest BCUT2D eigenvalue weighted by atomic mass is 10.2. The van der Waals surface area contributed by atoms with E-state index in [2.05, 4.69) is 15.0 Å². The van der Waals surface area contributed by atoms with Crippen LogP contribution in [0.1, 0.15) is 5.56 Å². The molecule has 0 aliphatic heterocycles. The number of hydrogen-bond donors (Lipinski definition) is 5. The number of aromatic hydroxyl groups is 1. The highest BCUT2D eigenvalue weighted by Gasteiger charge is 2.13. The molecule has 124 valence electrons. The molecule has 1 aromatic carbocycles. The summed E-state index contributed by atoms with van der Waals surface area (Å²) in [6, 6.07) is 4.43. The number of fused-ring (bicyclic) bond motifs is 1. The van der Waals surface area contributed by atoms with Crippen molar-refractivity contribution in [1.82, 2.24) is 15.0 Å². The molecule has 0 atom stereocenters. The molecule has 0 fully saturated rings. The number of nitrogens with one attached hydrogen (secondary N) is 2. The summed E-state index contributed by atoms with van der Waals surface area (Å²) in [7, 11) is -4.30. The molecule has 0 amide bonds. The Kier molecular flexibility index (Phi) is 4.33. The molecular formula is C14H12N3O5PS. The summed E-state index contributed by atoms with van der Waals surface area (Å²) in [5.41, 5.74) is 1.01. The summed E-state index contributed by atoms with van der Waals surface area (Å²) in [5.74, 6) is 0.804. The predicted molar refractivity (Wildman–Crippen MR) is 90.0 cm³/mol. The van der Waals surface area contributed by atoms with Crippen LogP contribution in [0.15, 0.2) is 51.1 Å². The van der Waals surface area contributed by atoms with E-state index in [9.17, 15) is 14.5 Å². The van der Waals surface area contributed by atoms with Crippen LogP contribution >= 0.6 is 19.4 Å². The average Bonchev–Trinajstić information content (AvgIpc) is 2.90. The minimum absolute atomic E-state index is 0.0106. The van der Waals surface area contributed by atoms with Gasteiger partial charge in [-0.05, 0) is 23.8 Å². The number of phenols is 1. The van der Waals surface area contributed by atoms with Crippen LogP contribution < -0.4 is 5.56 Å². The number of benzene rings is 1. The first kappa shape index (κ1) is 16.5. The maximum atomic E-state index is 11.7. The molecule has 10 heteroatoms. The van der Waals surface area contributed by atoms with Crippen molar-refractivity contribution >= 4 is 36.5 Å². The largest absolute Gasteiger partial charge is 0.508 e. The van der Waals surface area contributed by atoms with Crippen LogP contribution in [0.25, 0.3) is 17.1 Å². The summed E-state index contributed by atoms with van der Waals surface area (Å²) < 4.78 is 11.0. The van der Waals surface area contributed by atoms with E-state index < -0.39 is 7.60 Å². The van der Waals surface area contributed by atoms with E-state index in [1.807, 2.05) is 0 Å². The third-order valence-electron chi connectivity index (χ3n) is 3.10. The molecule has 0 aliphatic rings. The van der Waals surface area contributed by atoms with E-state index in [-0.39, 0.29) is 11.3 Å². The van der Waals surface area contributed by atoms with E-state index in [0.717, 1.165) is 5.82 Å². The van der Waals surface area contributed by atoms with Gasteiger partial charge in [-0.25, -0.2) is 4.98 Å². The van der Waals surface area contributed by atoms with E-state index >= 15 is 0 Å². The smallest absolute Gasteiger partial charge is 0.349 e. The third-order valence-corrected chi connectivity index (χ3v) is 4.74. The molecule has 8 nitrogen and oxygen atoms in total. The van der Waals surface area contributed by atoms with Gasteiger partial charge in [-0.3, -0.25) is 9.36 Å². The van der Waals surface area contributed by atoms with Crippen molar-refractivity contribution in [1.29, 1.82) is 0 Å². The van der Waals surface area contributed by atoms with Crippen molar-refractivity contribution < 1.29 is 19.5 Å². The van der Waals surface area contributed by atoms with Gasteiger partial charge < -0.3 is 24.9 Å². The van der Waals surface area contributed by atoms with Crippen LogP contribution in [-0.2, 0) is 4.57 Å². The maximum Gasteiger partial charge on any atom is 0.349 e. The minimum Gasteiger partial charge on any atom is -0.508 e. The van der Waals surface area contributed by atoms with Gasteiger partial charge in [0.2, 0.25) is 0 Å². The number of hydrogen-bond acceptors (Lipinski definition) is 5. The van der Waals surface area contributed by atoms with Crippen LogP contribution in [0.3, 0.4) is 0 Å². The quantitative estimate of drug-likeness (QED) is 0.447. The lowest BCUT2D eigenvalue weighted by Crippen LogP contribution is -2.05. The molecule has 24 heavy (non-hydrogen) atoms. The van der Waals surface area contributed by atoms with Crippen molar-refractivity contribution in [3.63, 3.8) is 0 Å². The zero-order valence-corrected chi connectivity index (χ0v) is 13.7. The summed E-state index contributed by atoms with van der Waals surface area (Å²) >= 11 is 1.21. The van der Waals surface area contributed by atoms with Crippen molar-refractivity contribution in [2.45, 2.75) is 9.79 Å². The van der Waals surface area contributed by atoms with Gasteiger partial charge in [0, 0.05) is 16.9 Å². The van der Waals surface area contributed by atoms with Gasteiger partial charge >= 0.3 is 7.60 Å². The highest BCUT2D eigenvalue weighted by molar-refractivity contribution is 7.99. The highest BCUT2D eigenvalue weighted by atomic mass is 32.2. The molecule has 3 aromatic rings. The van der Waals surface area contributed by atoms with Crippen molar-refractivity contribution in [3.8, 4) is 5.75 Å². The third kappa shape index (κ3) is 3.60. The Hall–Kier alpha value is -2.32. The first-order valence-electron chi connectivity index (χ1n) is 6.63. The molecule has 2 heterocycles. The van der Waals surface area contributed by atoms with Crippen molar-refractivity contribution in [3.05, 3.63) is 52.5 Å². The first-order valence-corrected chi connectivity index (χ1v) is 9.13. The second kappa shape index (κ2) is 6.29. The molecule has 0 saturated heterocycles. The standard InChI is InChI=1S/C14H12N3O5PS/c18-9-2-1-8(3-4-23(20,21)22)10(5-9)24-11-6-15-13-12(11)16-7-17-14(13)19/h1-7,15,18H,(H,16,17,19)(H2,20,21,22)/b4-3+. The second-order valence-corrected chi connectivity index (χ2v) is 7.40. The number of aromatic nitrogens is 3. The van der Waals surface area contributed by atoms with Gasteiger partial charge in [0.25, 0.3) is 5.56 Å². The number of aromatic amines is 2. The van der Waals surface area contributed by atoms with Gasteiger partial charge in [-0.15, -0.1) is 0 Å². The lowest BCUT2D eigenvalue weighted by molar-refractivity contribution is 0.386. The monoisotopic (exact) mass is 365 g/mol. The molecule has 0 bridgehead atoms. The molecule has 2 aromatic heterocycles. The van der Waals surface area contributed by atoms with Gasteiger partial charge in [-0.2, -0.15) is 0 Å². The fourth-order valence-corrected chi connectivity index (χ4v) is 3.44. The van der Waals surface area contributed by atoms with Crippen LogP contribution in [0.2, 0.25) is 0 Å². The number of nitrogens with zero attached hydrogens (tertiary/aromatic N) is 1. The molecular weight excluding hydrogens is 353 g/mol. The van der Waals surface area contributed by atoms with E-state index in [4.69, 9.17) is 9.79 Å². The molecule has 3 rings (SSSR count). The zero-order chi connectivity index (χ0) is 17.3. The van der Waals surface area contributed by atoms with E-state index in [1.54, 1.807) is 12.3 Å². The van der Waals surface area contributed by atoms with Crippen LogP contribution in [-0.4, -0.2) is 29.8 Å². The Morgan fingerprint density at radius 2 is 2.00 bits per heavy atom. The molecule has 0 radical (unpaired) electrons. The Morgan fingerprint density at radius 1 is 1.21 bits per heavy atom. The van der Waals surface area contributed by atoms with E-state index in [1.165, 1.54) is 36.3 Å². The number of H-pyrrole nitrogens is 2. The Labute approximate surface area is 139 Å². The molecule has 0 spiro atoms. The molecule has 0 saturated carbocycles. The highest BCUT2D eigenvalue weighted by Crippen LogP contribution is 2.40. The molecule has 0 unspecified atom stereocenters. The Bertz CT molecular complexity index is 1040. The summed E-state index contributed by atoms with van der Waals surface area (Å²) in [5, 5.41) is 9.68. The zero-order valence-electron chi connectivity index (χ0n) is 12.0. The van der Waals surface area contributed by atoms with Crippen molar-refractivity contribution in [2.75, 3.05) is 0 Å². The average molecular weight is 365 g/mol. The van der Waals surface area contributed by atoms with Crippen LogP contribution in [0.5, 0.6) is 5.75 Å². The van der Waals surface area contributed by atoms with E-state index in [0.29, 0.717) is 26.4 Å². The van der Waals surface area contributed by atoms with Crippen molar-refractivity contribution in [2.24, 2.45) is 0 Å². The number of phenolic OH excluding ortho intramolecular Hbond substituents is 1. The fraction of sp³-hybridized carbons (Fsp3) is 0. The lowest BCUT2D eigenvalue weighted by Gasteiger charge is -2.06.